The van der Waals surface area contributed by atoms with Gasteiger partial charge >= 0.3 is 0 Å². The summed E-state index contributed by atoms with van der Waals surface area (Å²) in [6.07, 6.45) is 4.92. The first-order valence-electron chi connectivity index (χ1n) is 5.51. The van der Waals surface area contributed by atoms with Crippen LogP contribution in [-0.4, -0.2) is 11.5 Å². The van der Waals surface area contributed by atoms with E-state index in [9.17, 15) is 0 Å². The van der Waals surface area contributed by atoms with Crippen LogP contribution >= 0.6 is 11.6 Å². The van der Waals surface area contributed by atoms with Gasteiger partial charge in [-0.05, 0) is 37.5 Å². The number of aromatic nitrogens is 1. The van der Waals surface area contributed by atoms with Crippen molar-refractivity contribution in [3.63, 3.8) is 0 Å². The van der Waals surface area contributed by atoms with Crippen LogP contribution in [-0.2, 0) is 5.41 Å². The predicted octanol–water partition coefficient (Wildman–Crippen LogP) is 2.81. The molecule has 0 saturated heterocycles. The van der Waals surface area contributed by atoms with Gasteiger partial charge in [-0.1, -0.05) is 24.4 Å². The smallest absolute Gasteiger partial charge is 0.129 e. The molecule has 0 aliphatic heterocycles. The van der Waals surface area contributed by atoms with Crippen LogP contribution in [0.5, 0.6) is 0 Å². The van der Waals surface area contributed by atoms with E-state index in [2.05, 4.69) is 11.1 Å². The zero-order valence-corrected chi connectivity index (χ0v) is 9.85. The minimum atomic E-state index is 0.164. The summed E-state index contributed by atoms with van der Waals surface area (Å²) in [6, 6.07) is 4.11. The number of hydrogen-bond donors (Lipinski definition) is 1. The minimum Gasteiger partial charge on any atom is -0.330 e. The Balaban J connectivity index is 2.42. The van der Waals surface area contributed by atoms with E-state index in [-0.39, 0.29) is 5.41 Å². The van der Waals surface area contributed by atoms with Crippen molar-refractivity contribution in [1.29, 1.82) is 0 Å². The highest BCUT2D eigenvalue weighted by Crippen LogP contribution is 2.40. The lowest BCUT2D eigenvalue weighted by Crippen LogP contribution is -2.32. The van der Waals surface area contributed by atoms with Gasteiger partial charge in [0.05, 0.1) is 0 Å². The van der Waals surface area contributed by atoms with Crippen molar-refractivity contribution >= 4 is 11.6 Å². The third-order valence-corrected chi connectivity index (χ3v) is 3.68. The highest BCUT2D eigenvalue weighted by Gasteiger charge is 2.34. The van der Waals surface area contributed by atoms with Gasteiger partial charge in [-0.15, -0.1) is 0 Å². The highest BCUT2D eigenvalue weighted by atomic mass is 35.5. The van der Waals surface area contributed by atoms with Crippen molar-refractivity contribution in [3.8, 4) is 0 Å². The molecule has 1 heterocycles. The van der Waals surface area contributed by atoms with Crippen molar-refractivity contribution in [2.75, 3.05) is 6.54 Å². The Bertz CT molecular complexity index is 336. The van der Waals surface area contributed by atoms with Crippen LogP contribution in [0.1, 0.15) is 36.9 Å². The molecule has 2 nitrogen and oxygen atoms in total. The fourth-order valence-electron chi connectivity index (χ4n) is 2.60. The number of halogens is 1. The summed E-state index contributed by atoms with van der Waals surface area (Å²) in [6.45, 7) is 2.70. The molecular weight excluding hydrogens is 208 g/mol. The van der Waals surface area contributed by atoms with E-state index < -0.39 is 0 Å². The van der Waals surface area contributed by atoms with Crippen LogP contribution in [0.4, 0.5) is 0 Å². The summed E-state index contributed by atoms with van der Waals surface area (Å²) in [5, 5.41) is 0.588. The fraction of sp³-hybridized carbons (Fsp3) is 0.583. The van der Waals surface area contributed by atoms with Gasteiger partial charge < -0.3 is 5.73 Å². The van der Waals surface area contributed by atoms with E-state index in [1.165, 1.54) is 31.2 Å². The van der Waals surface area contributed by atoms with E-state index in [4.69, 9.17) is 17.3 Å². The second-order valence-corrected chi connectivity index (χ2v) is 4.90. The SMILES string of the molecule is Cc1cc(C2(CN)CCCC2)cc(Cl)n1. The second-order valence-electron chi connectivity index (χ2n) is 4.51. The zero-order valence-electron chi connectivity index (χ0n) is 9.09. The van der Waals surface area contributed by atoms with Crippen LogP contribution in [0.2, 0.25) is 5.15 Å². The number of aryl methyl sites for hydroxylation is 1. The van der Waals surface area contributed by atoms with Crippen LogP contribution in [0, 0.1) is 6.92 Å². The standard InChI is InChI=1S/C12H17ClN2/c1-9-6-10(7-11(13)15-9)12(8-14)4-2-3-5-12/h6-7H,2-5,8,14H2,1H3. The molecule has 0 spiro atoms. The third-order valence-electron chi connectivity index (χ3n) is 3.49. The van der Waals surface area contributed by atoms with Gasteiger partial charge in [-0.2, -0.15) is 0 Å². The van der Waals surface area contributed by atoms with Crippen LogP contribution in [0.25, 0.3) is 0 Å². The van der Waals surface area contributed by atoms with Gasteiger partial charge in [0.1, 0.15) is 5.15 Å². The lowest BCUT2D eigenvalue weighted by molar-refractivity contribution is 0.452. The second kappa shape index (κ2) is 4.11. The molecule has 0 radical (unpaired) electrons. The molecule has 0 atom stereocenters. The van der Waals surface area contributed by atoms with Gasteiger partial charge in [0, 0.05) is 17.7 Å². The molecule has 82 valence electrons. The number of rotatable bonds is 2. The maximum Gasteiger partial charge on any atom is 0.129 e. The van der Waals surface area contributed by atoms with Crippen molar-refractivity contribution in [1.82, 2.24) is 4.98 Å². The van der Waals surface area contributed by atoms with Gasteiger partial charge in [0.25, 0.3) is 0 Å². The van der Waals surface area contributed by atoms with Crippen LogP contribution in [0.15, 0.2) is 12.1 Å². The number of pyridine rings is 1. The van der Waals surface area contributed by atoms with Gasteiger partial charge in [0.15, 0.2) is 0 Å². The lowest BCUT2D eigenvalue weighted by Gasteiger charge is -2.28. The van der Waals surface area contributed by atoms with E-state index >= 15 is 0 Å². The molecule has 1 fully saturated rings. The Morgan fingerprint density at radius 3 is 2.60 bits per heavy atom. The van der Waals surface area contributed by atoms with Crippen LogP contribution < -0.4 is 5.73 Å². The van der Waals surface area contributed by atoms with E-state index in [1.807, 2.05) is 13.0 Å². The monoisotopic (exact) mass is 224 g/mol. The molecule has 0 unspecified atom stereocenters. The van der Waals surface area contributed by atoms with Gasteiger partial charge in [-0.25, -0.2) is 4.98 Å². The highest BCUT2D eigenvalue weighted by molar-refractivity contribution is 6.29. The predicted molar refractivity (Wildman–Crippen MR) is 63.2 cm³/mol. The van der Waals surface area contributed by atoms with Crippen molar-refractivity contribution in [3.05, 3.63) is 28.5 Å². The normalized spacial score (nSPS) is 19.4. The summed E-state index contributed by atoms with van der Waals surface area (Å²) in [5.41, 5.74) is 8.36. The molecule has 1 saturated carbocycles. The van der Waals surface area contributed by atoms with Crippen LogP contribution in [0.3, 0.4) is 0 Å². The Hall–Kier alpha value is -0.600. The molecule has 3 heteroatoms. The molecule has 0 aromatic carbocycles. The fourth-order valence-corrected chi connectivity index (χ4v) is 2.85. The average Bonchev–Trinajstić information content (AvgIpc) is 2.65. The summed E-state index contributed by atoms with van der Waals surface area (Å²) in [5.74, 6) is 0. The average molecular weight is 225 g/mol. The molecular formula is C12H17ClN2. The maximum atomic E-state index is 6.00. The minimum absolute atomic E-state index is 0.164. The summed E-state index contributed by atoms with van der Waals surface area (Å²) >= 11 is 6.00. The quantitative estimate of drug-likeness (QED) is 0.785. The topological polar surface area (TPSA) is 38.9 Å². The van der Waals surface area contributed by atoms with Gasteiger partial charge in [-0.3, -0.25) is 0 Å². The zero-order chi connectivity index (χ0) is 10.9. The first-order chi connectivity index (χ1) is 7.16. The summed E-state index contributed by atoms with van der Waals surface area (Å²) in [4.78, 5) is 4.20. The lowest BCUT2D eigenvalue weighted by atomic mass is 9.79. The molecule has 2 N–H and O–H groups in total. The Kier molecular flexibility index (Phi) is 2.98. The molecule has 15 heavy (non-hydrogen) atoms. The Morgan fingerprint density at radius 2 is 2.07 bits per heavy atom. The molecule has 0 amide bonds. The first kappa shape index (κ1) is 10.9. The first-order valence-corrected chi connectivity index (χ1v) is 5.89. The Labute approximate surface area is 95.8 Å². The van der Waals surface area contributed by atoms with Gasteiger partial charge in [0.2, 0.25) is 0 Å². The summed E-state index contributed by atoms with van der Waals surface area (Å²) < 4.78 is 0. The third kappa shape index (κ3) is 2.01. The van der Waals surface area contributed by atoms with E-state index in [0.717, 1.165) is 5.69 Å². The number of hydrogen-bond acceptors (Lipinski definition) is 2. The van der Waals surface area contributed by atoms with Crippen molar-refractivity contribution in [2.24, 2.45) is 5.73 Å². The van der Waals surface area contributed by atoms with Crippen molar-refractivity contribution in [2.45, 2.75) is 38.0 Å². The molecule has 0 bridgehead atoms. The number of nitrogens with two attached hydrogens (primary N) is 1. The molecule has 1 aliphatic rings. The molecule has 1 aromatic heterocycles. The maximum absolute atomic E-state index is 6.00. The van der Waals surface area contributed by atoms with E-state index in [1.54, 1.807) is 0 Å². The Morgan fingerprint density at radius 1 is 1.40 bits per heavy atom. The largest absolute Gasteiger partial charge is 0.330 e. The number of nitrogens with zero attached hydrogens (tertiary/aromatic N) is 1. The summed E-state index contributed by atoms with van der Waals surface area (Å²) in [7, 11) is 0. The molecule has 1 aliphatic carbocycles. The van der Waals surface area contributed by atoms with Crippen molar-refractivity contribution < 1.29 is 0 Å². The molecule has 1 aromatic rings. The van der Waals surface area contributed by atoms with E-state index in [0.29, 0.717) is 11.7 Å². The molecule has 2 rings (SSSR count).